The van der Waals surface area contributed by atoms with Crippen molar-refractivity contribution in [2.24, 2.45) is 0 Å². The van der Waals surface area contributed by atoms with Crippen LogP contribution in [-0.2, 0) is 4.74 Å². The number of hydrogen-bond acceptors (Lipinski definition) is 3. The molecular formula is C13H18BrFN2O. The number of morpholine rings is 1. The van der Waals surface area contributed by atoms with Crippen molar-refractivity contribution in [1.82, 2.24) is 5.32 Å². The van der Waals surface area contributed by atoms with Crippen molar-refractivity contribution in [3.63, 3.8) is 0 Å². The van der Waals surface area contributed by atoms with E-state index in [2.05, 4.69) is 33.5 Å². The Bertz CT molecular complexity index is 397. The van der Waals surface area contributed by atoms with Gasteiger partial charge in [0.15, 0.2) is 0 Å². The van der Waals surface area contributed by atoms with Crippen LogP contribution >= 0.6 is 15.9 Å². The van der Waals surface area contributed by atoms with Gasteiger partial charge in [0.05, 0.1) is 18.9 Å². The van der Waals surface area contributed by atoms with Crippen molar-refractivity contribution >= 4 is 21.6 Å². The monoisotopic (exact) mass is 316 g/mol. The molecule has 0 aliphatic carbocycles. The van der Waals surface area contributed by atoms with Gasteiger partial charge in [0.25, 0.3) is 0 Å². The largest absolute Gasteiger partial charge is 0.380 e. The Hall–Kier alpha value is -0.650. The third kappa shape index (κ3) is 3.93. The van der Waals surface area contributed by atoms with Crippen LogP contribution in [0.2, 0.25) is 0 Å². The average molecular weight is 317 g/mol. The van der Waals surface area contributed by atoms with Gasteiger partial charge in [-0.25, -0.2) is 4.39 Å². The molecule has 0 bridgehead atoms. The molecule has 1 aromatic carbocycles. The molecule has 1 heterocycles. The van der Waals surface area contributed by atoms with Crippen molar-refractivity contribution in [3.8, 4) is 0 Å². The minimum atomic E-state index is -0.224. The van der Waals surface area contributed by atoms with Gasteiger partial charge in [0, 0.05) is 23.1 Å². The minimum Gasteiger partial charge on any atom is -0.380 e. The van der Waals surface area contributed by atoms with Gasteiger partial charge >= 0.3 is 0 Å². The van der Waals surface area contributed by atoms with E-state index in [1.54, 1.807) is 12.1 Å². The Kier molecular flexibility index (Phi) is 4.97. The smallest absolute Gasteiger partial charge is 0.146 e. The summed E-state index contributed by atoms with van der Waals surface area (Å²) in [6, 6.07) is 5.45. The van der Waals surface area contributed by atoms with E-state index < -0.39 is 0 Å². The first-order valence-electron chi connectivity index (χ1n) is 6.18. The summed E-state index contributed by atoms with van der Waals surface area (Å²) in [5.74, 6) is -0.224. The van der Waals surface area contributed by atoms with E-state index in [0.29, 0.717) is 11.7 Å². The highest BCUT2D eigenvalue weighted by Crippen LogP contribution is 2.21. The molecule has 1 aromatic rings. The summed E-state index contributed by atoms with van der Waals surface area (Å²) in [5.41, 5.74) is 0.536. The molecule has 18 heavy (non-hydrogen) atoms. The molecule has 2 unspecified atom stereocenters. The van der Waals surface area contributed by atoms with Crippen LogP contribution in [-0.4, -0.2) is 31.8 Å². The highest BCUT2D eigenvalue weighted by Gasteiger charge is 2.16. The summed E-state index contributed by atoms with van der Waals surface area (Å²) in [4.78, 5) is 0. The summed E-state index contributed by atoms with van der Waals surface area (Å²) >= 11 is 3.35. The summed E-state index contributed by atoms with van der Waals surface area (Å²) in [5, 5.41) is 6.59. The average Bonchev–Trinajstić information content (AvgIpc) is 2.35. The Morgan fingerprint density at radius 1 is 1.61 bits per heavy atom. The fourth-order valence-electron chi connectivity index (χ4n) is 2.13. The van der Waals surface area contributed by atoms with Gasteiger partial charge in [-0.1, -0.05) is 15.9 Å². The maximum Gasteiger partial charge on any atom is 0.146 e. The van der Waals surface area contributed by atoms with Gasteiger partial charge in [-0.2, -0.15) is 0 Å². The number of benzene rings is 1. The maximum atomic E-state index is 13.6. The first-order valence-corrected chi connectivity index (χ1v) is 6.97. The van der Waals surface area contributed by atoms with Gasteiger partial charge in [0.1, 0.15) is 5.82 Å². The lowest BCUT2D eigenvalue weighted by Gasteiger charge is -2.27. The lowest BCUT2D eigenvalue weighted by molar-refractivity contribution is 0.0731. The van der Waals surface area contributed by atoms with Crippen LogP contribution in [0.25, 0.3) is 0 Å². The van der Waals surface area contributed by atoms with Gasteiger partial charge in [-0.3, -0.25) is 0 Å². The molecule has 2 N–H and O–H groups in total. The molecule has 0 saturated carbocycles. The molecule has 100 valence electrons. The molecular weight excluding hydrogens is 299 g/mol. The fraction of sp³-hybridized carbons (Fsp3) is 0.538. The van der Waals surface area contributed by atoms with Gasteiger partial charge < -0.3 is 15.4 Å². The zero-order valence-electron chi connectivity index (χ0n) is 10.4. The predicted octanol–water partition coefficient (Wildman–Crippen LogP) is 2.77. The van der Waals surface area contributed by atoms with Crippen molar-refractivity contribution in [2.75, 3.05) is 25.1 Å². The van der Waals surface area contributed by atoms with Crippen LogP contribution < -0.4 is 10.6 Å². The molecule has 2 atom stereocenters. The van der Waals surface area contributed by atoms with Gasteiger partial charge in [0.2, 0.25) is 0 Å². The molecule has 0 radical (unpaired) electrons. The lowest BCUT2D eigenvalue weighted by atomic mass is 10.1. The second-order valence-corrected chi connectivity index (χ2v) is 5.55. The first-order chi connectivity index (χ1) is 8.65. The third-order valence-electron chi connectivity index (χ3n) is 2.97. The van der Waals surface area contributed by atoms with Crippen molar-refractivity contribution in [3.05, 3.63) is 28.5 Å². The highest BCUT2D eigenvalue weighted by atomic mass is 79.9. The quantitative estimate of drug-likeness (QED) is 0.896. The van der Waals surface area contributed by atoms with Crippen LogP contribution in [0.1, 0.15) is 13.3 Å². The van der Waals surface area contributed by atoms with E-state index in [0.717, 1.165) is 30.7 Å². The number of anilines is 1. The second-order valence-electron chi connectivity index (χ2n) is 4.63. The molecule has 0 aromatic heterocycles. The van der Waals surface area contributed by atoms with Crippen LogP contribution in [0.15, 0.2) is 22.7 Å². The number of ether oxygens (including phenoxy) is 1. The van der Waals surface area contributed by atoms with E-state index in [4.69, 9.17) is 4.74 Å². The summed E-state index contributed by atoms with van der Waals surface area (Å²) in [6.45, 7) is 4.45. The van der Waals surface area contributed by atoms with Crippen molar-refractivity contribution in [2.45, 2.75) is 25.4 Å². The SMILES string of the molecule is CC(CC1COCCN1)Nc1cc(Br)ccc1F. The number of halogens is 2. The molecule has 1 fully saturated rings. The third-order valence-corrected chi connectivity index (χ3v) is 3.46. The van der Waals surface area contributed by atoms with Crippen molar-refractivity contribution in [1.29, 1.82) is 0 Å². The van der Waals surface area contributed by atoms with E-state index in [9.17, 15) is 4.39 Å². The number of nitrogens with one attached hydrogen (secondary N) is 2. The number of hydrogen-bond donors (Lipinski definition) is 2. The molecule has 0 amide bonds. The molecule has 2 rings (SSSR count). The van der Waals surface area contributed by atoms with E-state index in [1.165, 1.54) is 6.07 Å². The molecule has 0 spiro atoms. The summed E-state index contributed by atoms with van der Waals surface area (Å²) < 4.78 is 19.9. The Morgan fingerprint density at radius 3 is 3.17 bits per heavy atom. The molecule has 1 saturated heterocycles. The predicted molar refractivity (Wildman–Crippen MR) is 74.4 cm³/mol. The molecule has 1 aliphatic heterocycles. The second kappa shape index (κ2) is 6.50. The fourth-order valence-corrected chi connectivity index (χ4v) is 2.49. The zero-order chi connectivity index (χ0) is 13.0. The Balaban J connectivity index is 1.89. The minimum absolute atomic E-state index is 0.188. The standard InChI is InChI=1S/C13H18BrFN2O/c1-9(6-11-8-18-5-4-16-11)17-13-7-10(14)2-3-12(13)15/h2-3,7,9,11,16-17H,4-6,8H2,1H3. The lowest BCUT2D eigenvalue weighted by Crippen LogP contribution is -2.43. The van der Waals surface area contributed by atoms with Gasteiger partial charge in [-0.15, -0.1) is 0 Å². The molecule has 3 nitrogen and oxygen atoms in total. The topological polar surface area (TPSA) is 33.3 Å². The Labute approximate surface area is 115 Å². The van der Waals surface area contributed by atoms with Crippen LogP contribution in [0.4, 0.5) is 10.1 Å². The first kappa shape index (κ1) is 13.8. The van der Waals surface area contributed by atoms with E-state index >= 15 is 0 Å². The van der Waals surface area contributed by atoms with Crippen molar-refractivity contribution < 1.29 is 9.13 Å². The maximum absolute atomic E-state index is 13.6. The van der Waals surface area contributed by atoms with E-state index in [1.807, 2.05) is 0 Å². The Morgan fingerprint density at radius 2 is 2.44 bits per heavy atom. The normalized spacial score (nSPS) is 21.6. The molecule has 5 heteroatoms. The molecule has 1 aliphatic rings. The summed E-state index contributed by atoms with van der Waals surface area (Å²) in [6.07, 6.45) is 0.909. The highest BCUT2D eigenvalue weighted by molar-refractivity contribution is 9.10. The van der Waals surface area contributed by atoms with Gasteiger partial charge in [-0.05, 0) is 31.5 Å². The number of rotatable bonds is 4. The van der Waals surface area contributed by atoms with Crippen LogP contribution in [0.5, 0.6) is 0 Å². The van der Waals surface area contributed by atoms with Crippen LogP contribution in [0.3, 0.4) is 0 Å². The van der Waals surface area contributed by atoms with E-state index in [-0.39, 0.29) is 11.9 Å². The zero-order valence-corrected chi connectivity index (χ0v) is 12.0. The van der Waals surface area contributed by atoms with Crippen LogP contribution in [0, 0.1) is 5.82 Å². The summed E-state index contributed by atoms with van der Waals surface area (Å²) in [7, 11) is 0.